The molecule has 0 N–H and O–H groups in total. The second-order valence-corrected chi connectivity index (χ2v) is 17.6. The molecular formula is C34H54N2O6S2. The largest absolute Gasteiger partial charge is 0.414 e. The van der Waals surface area contributed by atoms with Crippen molar-refractivity contribution < 1.29 is 28.6 Å². The third kappa shape index (κ3) is 6.04. The minimum absolute atomic E-state index is 0.0240. The Balaban J connectivity index is 1.53. The van der Waals surface area contributed by atoms with Crippen molar-refractivity contribution in [1.29, 1.82) is 0 Å². The van der Waals surface area contributed by atoms with Crippen LogP contribution >= 0.6 is 23.5 Å². The molecule has 7 atom stereocenters. The molecule has 5 rings (SSSR count). The zero-order valence-electron chi connectivity index (χ0n) is 27.9. The number of esters is 2. The van der Waals surface area contributed by atoms with Gasteiger partial charge in [-0.2, -0.15) is 23.5 Å². The fourth-order valence-electron chi connectivity index (χ4n) is 9.31. The Labute approximate surface area is 273 Å². The quantitative estimate of drug-likeness (QED) is 0.209. The number of Topliss-reactive ketones (excluding diaryl/α,β-unsaturated/α-hetero) is 1. The molecule has 8 nitrogen and oxygen atoms in total. The van der Waals surface area contributed by atoms with Gasteiger partial charge in [-0.1, -0.05) is 26.8 Å². The predicted molar refractivity (Wildman–Crippen MR) is 177 cm³/mol. The molecular weight excluding hydrogens is 597 g/mol. The van der Waals surface area contributed by atoms with Crippen LogP contribution in [0.4, 0.5) is 0 Å². The number of carbonyl (C=O) groups excluding carboxylic acids is 3. The first kappa shape index (κ1) is 34.3. The number of carbonyl (C=O) groups is 3. The van der Waals surface area contributed by atoms with Crippen molar-refractivity contribution in [3.8, 4) is 0 Å². The SMILES string of the molecule is C=C[C@@]1(C)CC[C@@H]2[C@@]3(C)C(=O)C(OC(=O)C(C)N4CCSCC4)(OC(=O)C(C)N4CCSCC4)CC(C)(C)[C@@H]3CC[C@@]2(C)O1. The maximum absolute atomic E-state index is 15.3. The van der Waals surface area contributed by atoms with Crippen LogP contribution < -0.4 is 0 Å². The molecule has 0 aromatic heterocycles. The lowest BCUT2D eigenvalue weighted by atomic mass is 9.43. The van der Waals surface area contributed by atoms with Gasteiger partial charge in [0, 0.05) is 66.9 Å². The third-order valence-electron chi connectivity index (χ3n) is 11.8. The lowest BCUT2D eigenvalue weighted by Gasteiger charge is -2.65. The van der Waals surface area contributed by atoms with Crippen molar-refractivity contribution in [3.63, 3.8) is 0 Å². The van der Waals surface area contributed by atoms with Crippen molar-refractivity contribution in [2.75, 3.05) is 49.2 Å². The van der Waals surface area contributed by atoms with Crippen molar-refractivity contribution in [3.05, 3.63) is 12.7 Å². The molecule has 2 saturated carbocycles. The van der Waals surface area contributed by atoms with Gasteiger partial charge in [-0.05, 0) is 64.7 Å². The average molecular weight is 651 g/mol. The highest BCUT2D eigenvalue weighted by atomic mass is 32.2. The van der Waals surface area contributed by atoms with Gasteiger partial charge in [0.1, 0.15) is 12.1 Å². The van der Waals surface area contributed by atoms with Gasteiger partial charge in [0.05, 0.1) is 11.2 Å². The molecule has 0 amide bonds. The van der Waals surface area contributed by atoms with E-state index in [9.17, 15) is 9.59 Å². The molecule has 0 aromatic rings. The summed E-state index contributed by atoms with van der Waals surface area (Å²) >= 11 is 3.74. The van der Waals surface area contributed by atoms with Gasteiger partial charge in [0.2, 0.25) is 5.78 Å². The van der Waals surface area contributed by atoms with Crippen molar-refractivity contribution >= 4 is 41.2 Å². The molecule has 2 unspecified atom stereocenters. The summed E-state index contributed by atoms with van der Waals surface area (Å²) in [5.41, 5.74) is -2.40. The highest BCUT2D eigenvalue weighted by Crippen LogP contribution is 2.66. The number of hydrogen-bond acceptors (Lipinski definition) is 10. The molecule has 10 heteroatoms. The Morgan fingerprint density at radius 1 is 0.864 bits per heavy atom. The monoisotopic (exact) mass is 650 g/mol. The van der Waals surface area contributed by atoms with E-state index in [-0.39, 0.29) is 24.0 Å². The topological polar surface area (TPSA) is 85.4 Å². The van der Waals surface area contributed by atoms with Crippen LogP contribution in [0.2, 0.25) is 0 Å². The van der Waals surface area contributed by atoms with Crippen LogP contribution in [0.5, 0.6) is 0 Å². The van der Waals surface area contributed by atoms with E-state index in [1.54, 1.807) is 0 Å². The van der Waals surface area contributed by atoms with Gasteiger partial charge in [0.15, 0.2) is 0 Å². The average Bonchev–Trinajstić information content (AvgIpc) is 2.99. The number of thioether (sulfide) groups is 2. The molecule has 0 aromatic carbocycles. The number of nitrogens with zero attached hydrogens (tertiary/aromatic N) is 2. The fraction of sp³-hybridized carbons (Fsp3) is 0.853. The standard InChI is InChI=1S/C34H54N2O6S2/c1-9-31(6)12-10-26-32(7,42-31)13-11-25-30(4,5)22-34(29(39)33(25,26)8,40-27(37)23(2)35-14-18-43-19-15-35)41-28(38)24(3)36-16-20-44-21-17-36/h9,23-26H,1,10-22H2,2-8H3/t23?,24?,25-,26-,31-,32+,33-,34?/m0/s1. The minimum Gasteiger partial charge on any atom is -0.414 e. The summed E-state index contributed by atoms with van der Waals surface area (Å²) < 4.78 is 19.6. The summed E-state index contributed by atoms with van der Waals surface area (Å²) in [5, 5.41) is 0. The second kappa shape index (κ2) is 12.5. The fourth-order valence-corrected chi connectivity index (χ4v) is 11.2. The molecule has 248 valence electrons. The van der Waals surface area contributed by atoms with E-state index in [1.165, 1.54) is 0 Å². The Morgan fingerprint density at radius 2 is 1.34 bits per heavy atom. The van der Waals surface area contributed by atoms with Crippen LogP contribution in [0.25, 0.3) is 0 Å². The summed E-state index contributed by atoms with van der Waals surface area (Å²) in [7, 11) is 0. The number of fused-ring (bicyclic) bond motifs is 3. The molecule has 5 fully saturated rings. The summed E-state index contributed by atoms with van der Waals surface area (Å²) in [5.74, 6) is 0.384. The Hall–Kier alpha value is -1.07. The molecule has 3 aliphatic heterocycles. The maximum atomic E-state index is 15.3. The molecule has 3 saturated heterocycles. The van der Waals surface area contributed by atoms with Gasteiger partial charge < -0.3 is 14.2 Å². The van der Waals surface area contributed by atoms with Gasteiger partial charge in [0.25, 0.3) is 0 Å². The number of rotatable bonds is 7. The Bertz CT molecular complexity index is 1100. The van der Waals surface area contributed by atoms with E-state index in [1.807, 2.05) is 50.4 Å². The second-order valence-electron chi connectivity index (χ2n) is 15.1. The van der Waals surface area contributed by atoms with Gasteiger partial charge in [-0.25, -0.2) is 0 Å². The maximum Gasteiger partial charge on any atom is 0.326 e. The Morgan fingerprint density at radius 3 is 1.82 bits per heavy atom. The van der Waals surface area contributed by atoms with Gasteiger partial charge in [-0.3, -0.25) is 24.2 Å². The lowest BCUT2D eigenvalue weighted by molar-refractivity contribution is -0.287. The number of ketones is 1. The molecule has 2 aliphatic carbocycles. The van der Waals surface area contributed by atoms with Crippen LogP contribution in [0, 0.1) is 22.7 Å². The van der Waals surface area contributed by atoms with Crippen LogP contribution in [-0.2, 0) is 28.6 Å². The highest BCUT2D eigenvalue weighted by Gasteiger charge is 2.72. The number of hydrogen-bond donors (Lipinski definition) is 0. The molecule has 3 heterocycles. The summed E-state index contributed by atoms with van der Waals surface area (Å²) in [6.45, 7) is 21.4. The normalized spacial score (nSPS) is 41.0. The van der Waals surface area contributed by atoms with E-state index >= 15 is 4.79 Å². The van der Waals surface area contributed by atoms with E-state index in [0.717, 1.165) is 74.9 Å². The number of ether oxygens (including phenoxy) is 3. The Kier molecular flexibility index (Phi) is 9.74. The molecule has 0 radical (unpaired) electrons. The van der Waals surface area contributed by atoms with Crippen LogP contribution in [0.1, 0.15) is 80.6 Å². The van der Waals surface area contributed by atoms with Crippen molar-refractivity contribution in [2.24, 2.45) is 22.7 Å². The molecule has 0 spiro atoms. The summed E-state index contributed by atoms with van der Waals surface area (Å²) in [6, 6.07) is -1.10. The van der Waals surface area contributed by atoms with E-state index in [4.69, 9.17) is 14.2 Å². The van der Waals surface area contributed by atoms with E-state index < -0.39 is 51.8 Å². The van der Waals surface area contributed by atoms with Crippen molar-refractivity contribution in [1.82, 2.24) is 9.80 Å². The predicted octanol–water partition coefficient (Wildman–Crippen LogP) is 5.19. The summed E-state index contributed by atoms with van der Waals surface area (Å²) in [4.78, 5) is 47.5. The van der Waals surface area contributed by atoms with Gasteiger partial charge in [-0.15, -0.1) is 6.58 Å². The first-order valence-corrected chi connectivity index (χ1v) is 18.9. The molecule has 5 aliphatic rings. The highest BCUT2D eigenvalue weighted by molar-refractivity contribution is 7.99. The first-order chi connectivity index (χ1) is 20.6. The summed E-state index contributed by atoms with van der Waals surface area (Å²) in [6.07, 6.45) is 5.18. The van der Waals surface area contributed by atoms with Gasteiger partial charge >= 0.3 is 17.7 Å². The minimum atomic E-state index is -2.00. The third-order valence-corrected chi connectivity index (χ3v) is 13.7. The van der Waals surface area contributed by atoms with Crippen molar-refractivity contribution in [2.45, 2.75) is 110 Å². The van der Waals surface area contributed by atoms with E-state index in [2.05, 4.69) is 44.1 Å². The zero-order valence-corrected chi connectivity index (χ0v) is 29.6. The van der Waals surface area contributed by atoms with Crippen LogP contribution in [-0.4, -0.2) is 106 Å². The molecule has 0 bridgehead atoms. The van der Waals surface area contributed by atoms with Crippen LogP contribution in [0.15, 0.2) is 12.7 Å². The smallest absolute Gasteiger partial charge is 0.326 e. The lowest BCUT2D eigenvalue weighted by Crippen LogP contribution is -2.72. The van der Waals surface area contributed by atoms with E-state index in [0.29, 0.717) is 0 Å². The van der Waals surface area contributed by atoms with Crippen LogP contribution in [0.3, 0.4) is 0 Å². The zero-order chi connectivity index (χ0) is 32.1. The first-order valence-electron chi connectivity index (χ1n) is 16.6. The molecule has 44 heavy (non-hydrogen) atoms.